The van der Waals surface area contributed by atoms with Crippen LogP contribution in [0, 0.1) is 0 Å². The lowest BCUT2D eigenvalue weighted by atomic mass is 10.0. The quantitative estimate of drug-likeness (QED) is 0.310. The van der Waals surface area contributed by atoms with E-state index in [-0.39, 0.29) is 18.5 Å². The molecule has 19 heavy (non-hydrogen) atoms. The molecule has 104 valence electrons. The molecule has 0 amide bonds. The molecule has 0 spiro atoms. The topological polar surface area (TPSA) is 144 Å². The van der Waals surface area contributed by atoms with Gasteiger partial charge in [-0.15, -0.1) is 0 Å². The van der Waals surface area contributed by atoms with E-state index < -0.39 is 27.2 Å². The van der Waals surface area contributed by atoms with Gasteiger partial charge >= 0.3 is 0 Å². The Morgan fingerprint density at radius 1 is 1.32 bits per heavy atom. The van der Waals surface area contributed by atoms with Gasteiger partial charge in [-0.25, -0.2) is 0 Å². The van der Waals surface area contributed by atoms with Crippen LogP contribution in [0.25, 0.3) is 10.4 Å². The van der Waals surface area contributed by atoms with Crippen molar-refractivity contribution in [3.05, 3.63) is 40.3 Å². The predicted molar refractivity (Wildman–Crippen MR) is 65.9 cm³/mol. The van der Waals surface area contributed by atoms with E-state index in [0.29, 0.717) is 0 Å². The zero-order valence-electron chi connectivity index (χ0n) is 9.79. The van der Waals surface area contributed by atoms with E-state index in [4.69, 9.17) is 10.1 Å². The monoisotopic (exact) mass is 287 g/mol. The molecule has 8 nitrogen and oxygen atoms in total. The predicted octanol–water partition coefficient (Wildman–Crippen LogP) is 1.03. The van der Waals surface area contributed by atoms with Gasteiger partial charge in [0.25, 0.3) is 10.1 Å². The van der Waals surface area contributed by atoms with Gasteiger partial charge in [-0.3, -0.25) is 4.55 Å². The lowest BCUT2D eigenvalue weighted by molar-refractivity contribution is 0.0133. The summed E-state index contributed by atoms with van der Waals surface area (Å²) in [6.45, 7) is -0.0389. The molecule has 3 N–H and O–H groups in total. The summed E-state index contributed by atoms with van der Waals surface area (Å²) in [6.07, 6.45) is -2.86. The average Bonchev–Trinajstić information content (AvgIpc) is 2.37. The molecule has 0 saturated carbocycles. The van der Waals surface area contributed by atoms with E-state index in [9.17, 15) is 18.6 Å². The molecule has 9 heteroatoms. The SMILES string of the molecule is [N-]=[N+]=NCCC(O)C(O)c1ccccc1S(=O)(=O)O. The highest BCUT2D eigenvalue weighted by Gasteiger charge is 2.24. The average molecular weight is 287 g/mol. The molecule has 1 aromatic rings. The van der Waals surface area contributed by atoms with Crippen molar-refractivity contribution in [2.45, 2.75) is 23.5 Å². The van der Waals surface area contributed by atoms with Gasteiger partial charge in [0.15, 0.2) is 0 Å². The van der Waals surface area contributed by atoms with Gasteiger partial charge in [0.1, 0.15) is 6.10 Å². The smallest absolute Gasteiger partial charge is 0.294 e. The molecule has 1 rings (SSSR count). The fourth-order valence-corrected chi connectivity index (χ4v) is 2.30. The fraction of sp³-hybridized carbons (Fsp3) is 0.400. The maximum Gasteiger partial charge on any atom is 0.294 e. The summed E-state index contributed by atoms with van der Waals surface area (Å²) >= 11 is 0. The standard InChI is InChI=1S/C10H13N3O5S/c11-13-12-6-5-8(14)10(15)7-3-1-2-4-9(7)19(16,17)18/h1-4,8,10,14-15H,5-6H2,(H,16,17,18). The third-order valence-corrected chi connectivity index (χ3v) is 3.40. The van der Waals surface area contributed by atoms with Crippen LogP contribution in [-0.2, 0) is 10.1 Å². The van der Waals surface area contributed by atoms with Crippen LogP contribution in [0.2, 0.25) is 0 Å². The van der Waals surface area contributed by atoms with Gasteiger partial charge in [0.2, 0.25) is 0 Å². The van der Waals surface area contributed by atoms with E-state index in [0.717, 1.165) is 6.07 Å². The summed E-state index contributed by atoms with van der Waals surface area (Å²) in [5.41, 5.74) is 7.97. The number of aliphatic hydroxyl groups is 2. The van der Waals surface area contributed by atoms with Gasteiger partial charge in [0, 0.05) is 17.0 Å². The second kappa shape index (κ2) is 6.50. The van der Waals surface area contributed by atoms with Crippen LogP contribution in [0.3, 0.4) is 0 Å². The van der Waals surface area contributed by atoms with Crippen molar-refractivity contribution in [1.82, 2.24) is 0 Å². The minimum Gasteiger partial charge on any atom is -0.390 e. The molecule has 0 aliphatic carbocycles. The zero-order valence-corrected chi connectivity index (χ0v) is 10.6. The van der Waals surface area contributed by atoms with Crippen molar-refractivity contribution < 1.29 is 23.2 Å². The number of aliphatic hydroxyl groups excluding tert-OH is 2. The molecule has 0 heterocycles. The van der Waals surface area contributed by atoms with Crippen LogP contribution in [0.15, 0.2) is 34.3 Å². The Morgan fingerprint density at radius 3 is 2.53 bits per heavy atom. The molecular formula is C10H13N3O5S. The third kappa shape index (κ3) is 4.19. The van der Waals surface area contributed by atoms with E-state index >= 15 is 0 Å². The van der Waals surface area contributed by atoms with Crippen molar-refractivity contribution in [3.63, 3.8) is 0 Å². The second-order valence-electron chi connectivity index (χ2n) is 3.77. The molecular weight excluding hydrogens is 274 g/mol. The van der Waals surface area contributed by atoms with Crippen molar-refractivity contribution in [2.75, 3.05) is 6.54 Å². The normalized spacial score (nSPS) is 14.5. The molecule has 0 aliphatic heterocycles. The Kier molecular flexibility index (Phi) is 5.28. The van der Waals surface area contributed by atoms with Gasteiger partial charge in [0.05, 0.1) is 11.0 Å². The number of hydrogen-bond acceptors (Lipinski definition) is 5. The Morgan fingerprint density at radius 2 is 1.95 bits per heavy atom. The van der Waals surface area contributed by atoms with Crippen LogP contribution in [0.5, 0.6) is 0 Å². The number of benzene rings is 1. The summed E-state index contributed by atoms with van der Waals surface area (Å²) < 4.78 is 31.3. The number of rotatable bonds is 6. The molecule has 1 aromatic carbocycles. The van der Waals surface area contributed by atoms with Gasteiger partial charge < -0.3 is 10.2 Å². The first-order chi connectivity index (χ1) is 8.88. The molecule has 2 unspecified atom stereocenters. The molecule has 0 aromatic heterocycles. The minimum atomic E-state index is -4.49. The summed E-state index contributed by atoms with van der Waals surface area (Å²) in [5, 5.41) is 22.8. The van der Waals surface area contributed by atoms with Crippen LogP contribution in [0.4, 0.5) is 0 Å². The highest BCUT2D eigenvalue weighted by molar-refractivity contribution is 7.85. The van der Waals surface area contributed by atoms with Crippen molar-refractivity contribution in [2.24, 2.45) is 5.11 Å². The summed E-state index contributed by atoms with van der Waals surface area (Å²) in [6, 6.07) is 5.25. The second-order valence-corrected chi connectivity index (χ2v) is 5.16. The highest BCUT2D eigenvalue weighted by Crippen LogP contribution is 2.25. The van der Waals surface area contributed by atoms with E-state index in [1.54, 1.807) is 0 Å². The van der Waals surface area contributed by atoms with Crippen LogP contribution >= 0.6 is 0 Å². The van der Waals surface area contributed by atoms with E-state index in [2.05, 4.69) is 10.0 Å². The van der Waals surface area contributed by atoms with Crippen LogP contribution in [-0.4, -0.2) is 35.8 Å². The Bertz CT molecular complexity index is 583. The van der Waals surface area contributed by atoms with Crippen molar-refractivity contribution in [3.8, 4) is 0 Å². The van der Waals surface area contributed by atoms with Gasteiger partial charge in [-0.1, -0.05) is 23.3 Å². The molecule has 0 fully saturated rings. The minimum absolute atomic E-state index is 0.0367. The largest absolute Gasteiger partial charge is 0.390 e. The number of hydrogen-bond donors (Lipinski definition) is 3. The first-order valence-corrected chi connectivity index (χ1v) is 6.75. The van der Waals surface area contributed by atoms with E-state index in [1.165, 1.54) is 18.2 Å². The van der Waals surface area contributed by atoms with E-state index in [1.807, 2.05) is 0 Å². The Hall–Kier alpha value is -1.64. The van der Waals surface area contributed by atoms with Crippen LogP contribution in [0.1, 0.15) is 18.1 Å². The number of azide groups is 1. The number of nitrogens with zero attached hydrogens (tertiary/aromatic N) is 3. The molecule has 0 bridgehead atoms. The summed E-state index contributed by atoms with van der Waals surface area (Å²) in [4.78, 5) is 2.03. The van der Waals surface area contributed by atoms with Gasteiger partial charge in [-0.05, 0) is 18.0 Å². The highest BCUT2D eigenvalue weighted by atomic mass is 32.2. The van der Waals surface area contributed by atoms with Gasteiger partial charge in [-0.2, -0.15) is 8.42 Å². The lowest BCUT2D eigenvalue weighted by Gasteiger charge is -2.19. The molecule has 2 atom stereocenters. The lowest BCUT2D eigenvalue weighted by Crippen LogP contribution is -2.21. The summed E-state index contributed by atoms with van der Waals surface area (Å²) in [7, 11) is -4.49. The third-order valence-electron chi connectivity index (χ3n) is 2.47. The zero-order chi connectivity index (χ0) is 14.5. The Labute approximate surface area is 109 Å². The molecule has 0 radical (unpaired) electrons. The fourth-order valence-electron chi connectivity index (χ4n) is 1.56. The summed E-state index contributed by atoms with van der Waals surface area (Å²) in [5.74, 6) is 0. The van der Waals surface area contributed by atoms with Crippen molar-refractivity contribution in [1.29, 1.82) is 0 Å². The first-order valence-electron chi connectivity index (χ1n) is 5.31. The maximum absolute atomic E-state index is 11.1. The van der Waals surface area contributed by atoms with Crippen molar-refractivity contribution >= 4 is 10.1 Å². The molecule has 0 aliphatic rings. The molecule has 0 saturated heterocycles. The van der Waals surface area contributed by atoms with Crippen LogP contribution < -0.4 is 0 Å². The Balaban J connectivity index is 2.99. The first kappa shape index (κ1) is 15.4. The maximum atomic E-state index is 11.1.